The Morgan fingerprint density at radius 3 is 2.50 bits per heavy atom. The summed E-state index contributed by atoms with van der Waals surface area (Å²) < 4.78 is 1.33. The minimum absolute atomic E-state index is 0.0602. The van der Waals surface area contributed by atoms with Crippen LogP contribution in [0.25, 0.3) is 10.6 Å². The van der Waals surface area contributed by atoms with Crippen molar-refractivity contribution in [3.63, 3.8) is 0 Å². The smallest absolute Gasteiger partial charge is 0.255 e. The molecule has 0 unspecified atom stereocenters. The Balaban J connectivity index is 2.49. The van der Waals surface area contributed by atoms with E-state index in [2.05, 4.69) is 5.10 Å². The summed E-state index contributed by atoms with van der Waals surface area (Å²) in [5.41, 5.74) is 0.914. The van der Waals surface area contributed by atoms with Gasteiger partial charge in [-0.1, -0.05) is 35.1 Å². The highest BCUT2D eigenvalue weighted by Gasteiger charge is 2.04. The molecule has 1 aromatic heterocycles. The lowest BCUT2D eigenvalue weighted by Gasteiger charge is -1.94. The van der Waals surface area contributed by atoms with E-state index in [-0.39, 0.29) is 4.87 Å². The summed E-state index contributed by atoms with van der Waals surface area (Å²) in [5.74, 6) is 0. The fourth-order valence-electron chi connectivity index (χ4n) is 1.06. The first-order valence-corrected chi connectivity index (χ1v) is 5.16. The second-order valence-corrected chi connectivity index (χ2v) is 4.18. The molecule has 0 saturated carbocycles. The van der Waals surface area contributed by atoms with Gasteiger partial charge in [0.15, 0.2) is 0 Å². The quantitative estimate of drug-likeness (QED) is 0.747. The molecule has 1 heterocycles. The molecule has 0 bridgehead atoms. The van der Waals surface area contributed by atoms with Gasteiger partial charge in [0, 0.05) is 17.6 Å². The van der Waals surface area contributed by atoms with Crippen molar-refractivity contribution in [2.24, 2.45) is 7.05 Å². The lowest BCUT2D eigenvalue weighted by atomic mass is 10.2. The highest BCUT2D eigenvalue weighted by Crippen LogP contribution is 2.20. The molecule has 3 nitrogen and oxygen atoms in total. The van der Waals surface area contributed by atoms with Crippen molar-refractivity contribution < 1.29 is 0 Å². The topological polar surface area (TPSA) is 34.9 Å². The standard InChI is InChI=1S/C9H7ClN2OS/c1-12-9(13)14-8(11-12)6-2-4-7(10)5-3-6/h2-5H,1H3. The summed E-state index contributed by atoms with van der Waals surface area (Å²) in [6, 6.07) is 7.26. The average Bonchev–Trinajstić information content (AvgIpc) is 2.48. The van der Waals surface area contributed by atoms with E-state index in [4.69, 9.17) is 11.6 Å². The molecule has 2 aromatic rings. The van der Waals surface area contributed by atoms with Crippen LogP contribution in [0.4, 0.5) is 0 Å². The molecule has 14 heavy (non-hydrogen) atoms. The summed E-state index contributed by atoms with van der Waals surface area (Å²) in [6.45, 7) is 0. The van der Waals surface area contributed by atoms with Crippen LogP contribution < -0.4 is 4.87 Å². The third-order valence-electron chi connectivity index (χ3n) is 1.78. The lowest BCUT2D eigenvalue weighted by Crippen LogP contribution is -2.08. The monoisotopic (exact) mass is 226 g/mol. The lowest BCUT2D eigenvalue weighted by molar-refractivity contribution is 0.746. The van der Waals surface area contributed by atoms with Gasteiger partial charge in [0.25, 0.3) is 0 Å². The molecule has 5 heteroatoms. The van der Waals surface area contributed by atoms with Crippen LogP contribution in [0.15, 0.2) is 29.1 Å². The first kappa shape index (κ1) is 9.43. The van der Waals surface area contributed by atoms with Gasteiger partial charge in [0.1, 0.15) is 5.01 Å². The third kappa shape index (κ3) is 1.71. The molecule has 0 aliphatic carbocycles. The number of benzene rings is 1. The fraction of sp³-hybridized carbons (Fsp3) is 0.111. The van der Waals surface area contributed by atoms with Gasteiger partial charge in [-0.15, -0.1) is 0 Å². The van der Waals surface area contributed by atoms with Crippen LogP contribution in [0.1, 0.15) is 0 Å². The van der Waals surface area contributed by atoms with E-state index in [9.17, 15) is 4.79 Å². The van der Waals surface area contributed by atoms with Gasteiger partial charge in [-0.2, -0.15) is 5.10 Å². The maximum absolute atomic E-state index is 11.2. The maximum Gasteiger partial charge on any atom is 0.325 e. The molecule has 0 N–H and O–H groups in total. The van der Waals surface area contributed by atoms with Gasteiger partial charge in [0.2, 0.25) is 0 Å². The van der Waals surface area contributed by atoms with E-state index in [1.807, 2.05) is 12.1 Å². The Bertz CT molecular complexity index is 500. The van der Waals surface area contributed by atoms with Crippen molar-refractivity contribution in [3.05, 3.63) is 39.0 Å². The number of hydrogen-bond donors (Lipinski definition) is 0. The van der Waals surface area contributed by atoms with Crippen LogP contribution in [0.2, 0.25) is 5.02 Å². The van der Waals surface area contributed by atoms with Crippen molar-refractivity contribution in [2.45, 2.75) is 0 Å². The first-order valence-electron chi connectivity index (χ1n) is 3.97. The summed E-state index contributed by atoms with van der Waals surface area (Å²) in [4.78, 5) is 11.1. The zero-order chi connectivity index (χ0) is 10.1. The van der Waals surface area contributed by atoms with Gasteiger partial charge in [-0.05, 0) is 12.1 Å². The van der Waals surface area contributed by atoms with Crippen LogP contribution in [0.5, 0.6) is 0 Å². The van der Waals surface area contributed by atoms with E-state index in [0.717, 1.165) is 16.9 Å². The van der Waals surface area contributed by atoms with Crippen molar-refractivity contribution in [1.29, 1.82) is 0 Å². The molecular formula is C9H7ClN2OS. The molecule has 0 atom stereocenters. The van der Waals surface area contributed by atoms with Crippen molar-refractivity contribution >= 4 is 22.9 Å². The highest BCUT2D eigenvalue weighted by atomic mass is 35.5. The van der Waals surface area contributed by atoms with Gasteiger partial charge in [-0.3, -0.25) is 4.79 Å². The number of aromatic nitrogens is 2. The predicted octanol–water partition coefficient (Wildman–Crippen LogP) is 2.16. The summed E-state index contributed by atoms with van der Waals surface area (Å²) in [6.07, 6.45) is 0. The third-order valence-corrected chi connectivity index (χ3v) is 2.98. The van der Waals surface area contributed by atoms with Crippen LogP contribution in [-0.4, -0.2) is 9.78 Å². The molecule has 0 aliphatic rings. The molecule has 0 amide bonds. The molecule has 0 radical (unpaired) electrons. The molecule has 72 valence electrons. The molecule has 0 spiro atoms. The normalized spacial score (nSPS) is 10.4. The van der Waals surface area contributed by atoms with E-state index in [1.54, 1.807) is 19.2 Å². The summed E-state index contributed by atoms with van der Waals surface area (Å²) in [5, 5.41) is 5.48. The molecule has 0 aliphatic heterocycles. The van der Waals surface area contributed by atoms with Gasteiger partial charge < -0.3 is 0 Å². The first-order chi connectivity index (χ1) is 6.66. The molecule has 0 fully saturated rings. The minimum Gasteiger partial charge on any atom is -0.255 e. The van der Waals surface area contributed by atoms with Crippen molar-refractivity contribution in [1.82, 2.24) is 9.78 Å². The summed E-state index contributed by atoms with van der Waals surface area (Å²) in [7, 11) is 1.64. The Morgan fingerprint density at radius 2 is 2.00 bits per heavy atom. The predicted molar refractivity (Wildman–Crippen MR) is 57.8 cm³/mol. The Hall–Kier alpha value is -1.13. The molecule has 1 aromatic carbocycles. The van der Waals surface area contributed by atoms with Gasteiger partial charge in [0.05, 0.1) is 0 Å². The number of aryl methyl sites for hydroxylation is 1. The molecule has 0 saturated heterocycles. The van der Waals surface area contributed by atoms with E-state index in [1.165, 1.54) is 4.68 Å². The Kier molecular flexibility index (Phi) is 2.39. The van der Waals surface area contributed by atoms with Crippen molar-refractivity contribution in [2.75, 3.05) is 0 Å². The maximum atomic E-state index is 11.2. The SMILES string of the molecule is Cn1nc(-c2ccc(Cl)cc2)sc1=O. The Labute approximate surface area is 89.6 Å². The molecular weight excluding hydrogens is 220 g/mol. The molecule has 2 rings (SSSR count). The van der Waals surface area contributed by atoms with Gasteiger partial charge in [-0.25, -0.2) is 4.68 Å². The van der Waals surface area contributed by atoms with Crippen molar-refractivity contribution in [3.8, 4) is 10.6 Å². The fourth-order valence-corrected chi connectivity index (χ4v) is 1.94. The van der Waals surface area contributed by atoms with Gasteiger partial charge >= 0.3 is 4.87 Å². The highest BCUT2D eigenvalue weighted by molar-refractivity contribution is 7.12. The number of hydrogen-bond acceptors (Lipinski definition) is 3. The van der Waals surface area contributed by atoms with E-state index < -0.39 is 0 Å². The Morgan fingerprint density at radius 1 is 1.36 bits per heavy atom. The van der Waals surface area contributed by atoms with E-state index in [0.29, 0.717) is 10.0 Å². The largest absolute Gasteiger partial charge is 0.325 e. The second-order valence-electron chi connectivity index (χ2n) is 2.80. The minimum atomic E-state index is -0.0602. The zero-order valence-electron chi connectivity index (χ0n) is 7.40. The van der Waals surface area contributed by atoms with Crippen LogP contribution in [0, 0.1) is 0 Å². The summed E-state index contributed by atoms with van der Waals surface area (Å²) >= 11 is 6.88. The van der Waals surface area contributed by atoms with Crippen LogP contribution >= 0.6 is 22.9 Å². The number of nitrogens with zero attached hydrogens (tertiary/aromatic N) is 2. The number of halogens is 1. The van der Waals surface area contributed by atoms with Crippen LogP contribution in [0.3, 0.4) is 0 Å². The average molecular weight is 227 g/mol. The zero-order valence-corrected chi connectivity index (χ0v) is 8.97. The second kappa shape index (κ2) is 3.55. The van der Waals surface area contributed by atoms with Crippen LogP contribution in [-0.2, 0) is 7.05 Å². The van der Waals surface area contributed by atoms with E-state index >= 15 is 0 Å². The number of rotatable bonds is 1.